The molecule has 0 aromatic carbocycles. The number of rotatable bonds is 5. The molecule has 3 nitrogen and oxygen atoms in total. The van der Waals surface area contributed by atoms with E-state index in [-0.39, 0.29) is 12.7 Å². The molecule has 0 radical (unpaired) electrons. The summed E-state index contributed by atoms with van der Waals surface area (Å²) >= 11 is 0. The van der Waals surface area contributed by atoms with Gasteiger partial charge in [-0.15, -0.1) is 0 Å². The van der Waals surface area contributed by atoms with Gasteiger partial charge < -0.3 is 14.6 Å². The van der Waals surface area contributed by atoms with Gasteiger partial charge in [-0.2, -0.15) is 0 Å². The van der Waals surface area contributed by atoms with Crippen LogP contribution in [-0.2, 0) is 9.47 Å². The highest BCUT2D eigenvalue weighted by molar-refractivity contribution is 4.42. The molecule has 0 saturated heterocycles. The van der Waals surface area contributed by atoms with E-state index in [1.807, 2.05) is 6.92 Å². The molecule has 0 aromatic rings. The number of aliphatic hydroxyl groups excluding tert-OH is 1. The fourth-order valence-electron chi connectivity index (χ4n) is 0.385. The first-order valence-corrected chi connectivity index (χ1v) is 3.02. The van der Waals surface area contributed by atoms with Crippen molar-refractivity contribution >= 4 is 0 Å². The lowest BCUT2D eigenvalue weighted by atomic mass is 10.4. The van der Waals surface area contributed by atoms with Crippen LogP contribution in [-0.4, -0.2) is 38.1 Å². The van der Waals surface area contributed by atoms with Gasteiger partial charge in [0.25, 0.3) is 0 Å². The first kappa shape index (κ1) is 8.88. The predicted octanol–water partition coefficient (Wildman–Crippen LogP) is 0.0302. The molecule has 3 heteroatoms. The molecule has 0 rings (SSSR count). The van der Waals surface area contributed by atoms with Crippen molar-refractivity contribution in [3.8, 4) is 0 Å². The second kappa shape index (κ2) is 6.01. The summed E-state index contributed by atoms with van der Waals surface area (Å²) < 4.78 is 9.79. The van der Waals surface area contributed by atoms with E-state index in [0.29, 0.717) is 13.2 Å². The Morgan fingerprint density at radius 2 is 2.11 bits per heavy atom. The van der Waals surface area contributed by atoms with E-state index in [1.165, 1.54) is 0 Å². The van der Waals surface area contributed by atoms with Crippen LogP contribution in [0.2, 0.25) is 0 Å². The Hall–Kier alpha value is -0.120. The zero-order valence-electron chi connectivity index (χ0n) is 5.96. The summed E-state index contributed by atoms with van der Waals surface area (Å²) in [6.07, 6.45) is -0.0693. The Balaban J connectivity index is 2.88. The molecular weight excluding hydrogens is 120 g/mol. The van der Waals surface area contributed by atoms with Gasteiger partial charge in [0.15, 0.2) is 0 Å². The van der Waals surface area contributed by atoms with Crippen LogP contribution in [0.25, 0.3) is 0 Å². The van der Waals surface area contributed by atoms with Crippen molar-refractivity contribution in [2.24, 2.45) is 0 Å². The van der Waals surface area contributed by atoms with E-state index in [0.717, 1.165) is 0 Å². The Kier molecular flexibility index (Phi) is 5.93. The number of aliphatic hydroxyl groups is 1. The first-order valence-electron chi connectivity index (χ1n) is 3.02. The van der Waals surface area contributed by atoms with Crippen LogP contribution in [0.15, 0.2) is 0 Å². The molecule has 1 N–H and O–H groups in total. The smallest absolute Gasteiger partial charge is 0.0778 e. The van der Waals surface area contributed by atoms with Crippen molar-refractivity contribution in [3.05, 3.63) is 0 Å². The third-order valence-corrected chi connectivity index (χ3v) is 0.947. The van der Waals surface area contributed by atoms with Crippen molar-refractivity contribution in [1.29, 1.82) is 0 Å². The fourth-order valence-corrected chi connectivity index (χ4v) is 0.385. The molecule has 1 unspecified atom stereocenters. The van der Waals surface area contributed by atoms with Gasteiger partial charge in [0, 0.05) is 7.11 Å². The van der Waals surface area contributed by atoms with Crippen LogP contribution in [0.1, 0.15) is 6.92 Å². The van der Waals surface area contributed by atoms with Crippen LogP contribution < -0.4 is 0 Å². The van der Waals surface area contributed by atoms with Crippen LogP contribution >= 0.6 is 0 Å². The monoisotopic (exact) mass is 134 g/mol. The molecule has 0 aliphatic heterocycles. The highest BCUT2D eigenvalue weighted by Crippen LogP contribution is 1.86. The van der Waals surface area contributed by atoms with Crippen LogP contribution in [0.4, 0.5) is 0 Å². The van der Waals surface area contributed by atoms with Crippen molar-refractivity contribution in [2.75, 3.05) is 26.9 Å². The summed E-state index contributed by atoms with van der Waals surface area (Å²) in [5.41, 5.74) is 0. The minimum atomic E-state index is -0.0693. The summed E-state index contributed by atoms with van der Waals surface area (Å²) in [5, 5.41) is 8.47. The molecular formula is C6H14O3. The predicted molar refractivity (Wildman–Crippen MR) is 34.4 cm³/mol. The average Bonchev–Trinajstić information content (AvgIpc) is 1.89. The Labute approximate surface area is 55.6 Å². The van der Waals surface area contributed by atoms with E-state index in [4.69, 9.17) is 14.6 Å². The van der Waals surface area contributed by atoms with Gasteiger partial charge >= 0.3 is 0 Å². The molecule has 0 aliphatic carbocycles. The first-order chi connectivity index (χ1) is 4.31. The summed E-state index contributed by atoms with van der Waals surface area (Å²) in [4.78, 5) is 0. The SMILES string of the molecule is COCCOC(C)CO. The quantitative estimate of drug-likeness (QED) is 0.539. The van der Waals surface area contributed by atoms with Gasteiger partial charge in [-0.25, -0.2) is 0 Å². The summed E-state index contributed by atoms with van der Waals surface area (Å²) in [6.45, 7) is 3.03. The Morgan fingerprint density at radius 1 is 1.44 bits per heavy atom. The maximum atomic E-state index is 8.47. The van der Waals surface area contributed by atoms with E-state index < -0.39 is 0 Å². The third kappa shape index (κ3) is 5.76. The molecule has 1 atom stereocenters. The lowest BCUT2D eigenvalue weighted by molar-refractivity contribution is -0.00102. The van der Waals surface area contributed by atoms with E-state index in [1.54, 1.807) is 7.11 Å². The topological polar surface area (TPSA) is 38.7 Å². The highest BCUT2D eigenvalue weighted by Gasteiger charge is 1.96. The third-order valence-electron chi connectivity index (χ3n) is 0.947. The van der Waals surface area contributed by atoms with E-state index >= 15 is 0 Å². The maximum absolute atomic E-state index is 8.47. The van der Waals surface area contributed by atoms with E-state index in [9.17, 15) is 0 Å². The van der Waals surface area contributed by atoms with Crippen molar-refractivity contribution in [2.45, 2.75) is 13.0 Å². The minimum absolute atomic E-state index is 0.0693. The zero-order valence-corrected chi connectivity index (χ0v) is 5.96. The normalized spacial score (nSPS) is 13.7. The van der Waals surface area contributed by atoms with Gasteiger partial charge in [0.05, 0.1) is 25.9 Å². The number of hydrogen-bond donors (Lipinski definition) is 1. The molecule has 0 aliphatic rings. The van der Waals surface area contributed by atoms with Crippen LogP contribution in [0.3, 0.4) is 0 Å². The summed E-state index contributed by atoms with van der Waals surface area (Å²) in [5.74, 6) is 0. The Morgan fingerprint density at radius 3 is 2.56 bits per heavy atom. The molecule has 0 saturated carbocycles. The largest absolute Gasteiger partial charge is 0.394 e. The zero-order chi connectivity index (χ0) is 7.11. The fraction of sp³-hybridized carbons (Fsp3) is 1.00. The number of ether oxygens (including phenoxy) is 2. The van der Waals surface area contributed by atoms with Gasteiger partial charge in [0.1, 0.15) is 0 Å². The van der Waals surface area contributed by atoms with E-state index in [2.05, 4.69) is 0 Å². The van der Waals surface area contributed by atoms with Gasteiger partial charge in [-0.3, -0.25) is 0 Å². The summed E-state index contributed by atoms with van der Waals surface area (Å²) in [6, 6.07) is 0. The van der Waals surface area contributed by atoms with Gasteiger partial charge in [0.2, 0.25) is 0 Å². The molecule has 0 heterocycles. The number of hydrogen-bond acceptors (Lipinski definition) is 3. The second-order valence-corrected chi connectivity index (χ2v) is 1.86. The molecule has 0 spiro atoms. The molecule has 0 bridgehead atoms. The molecule has 0 amide bonds. The lowest BCUT2D eigenvalue weighted by Crippen LogP contribution is -2.15. The van der Waals surface area contributed by atoms with Gasteiger partial charge in [-0.05, 0) is 6.92 Å². The molecule has 9 heavy (non-hydrogen) atoms. The minimum Gasteiger partial charge on any atom is -0.394 e. The lowest BCUT2D eigenvalue weighted by Gasteiger charge is -2.07. The van der Waals surface area contributed by atoms with Crippen LogP contribution in [0, 0.1) is 0 Å². The van der Waals surface area contributed by atoms with Crippen molar-refractivity contribution in [3.63, 3.8) is 0 Å². The standard InChI is InChI=1S/C6H14O3/c1-6(5-7)9-4-3-8-2/h6-7H,3-5H2,1-2H3. The second-order valence-electron chi connectivity index (χ2n) is 1.86. The summed E-state index contributed by atoms with van der Waals surface area (Å²) in [7, 11) is 1.62. The average molecular weight is 134 g/mol. The van der Waals surface area contributed by atoms with Crippen molar-refractivity contribution < 1.29 is 14.6 Å². The van der Waals surface area contributed by atoms with Gasteiger partial charge in [-0.1, -0.05) is 0 Å². The highest BCUT2D eigenvalue weighted by atomic mass is 16.5. The maximum Gasteiger partial charge on any atom is 0.0778 e. The molecule has 0 fully saturated rings. The van der Waals surface area contributed by atoms with Crippen LogP contribution in [0.5, 0.6) is 0 Å². The molecule has 56 valence electrons. The van der Waals surface area contributed by atoms with Crippen molar-refractivity contribution in [1.82, 2.24) is 0 Å². The molecule has 0 aromatic heterocycles. The number of methoxy groups -OCH3 is 1. The Bertz CT molecular complexity index is 56.3.